The van der Waals surface area contributed by atoms with Crippen LogP contribution >= 0.6 is 0 Å². The first-order chi connectivity index (χ1) is 5.65. The molecule has 0 heterocycles. The van der Waals surface area contributed by atoms with E-state index in [1.54, 1.807) is 0 Å². The van der Waals surface area contributed by atoms with Gasteiger partial charge in [0.25, 0.3) is 0 Å². The Labute approximate surface area is 71.3 Å². The van der Waals surface area contributed by atoms with Crippen molar-refractivity contribution in [2.75, 3.05) is 7.11 Å². The van der Waals surface area contributed by atoms with Crippen molar-refractivity contribution in [2.45, 2.75) is 24.8 Å². The van der Waals surface area contributed by atoms with Crippen molar-refractivity contribution in [1.82, 2.24) is 0 Å². The summed E-state index contributed by atoms with van der Waals surface area (Å²) in [5.74, 6) is -0.213. The molecule has 0 aliphatic heterocycles. The number of methoxy groups -OCH3 is 1. The monoisotopic (exact) mass is 168 g/mol. The number of nitrogens with two attached hydrogens (primary N) is 1. The molecule has 0 aromatic rings. The molecule has 2 N–H and O–H groups in total. The fraction of sp³-hybridized carbons (Fsp3) is 0.750. The predicted molar refractivity (Wildman–Crippen MR) is 41.9 cm³/mol. The molecular formula is C8H12N2O2. The number of carbonyl (C=O) groups excluding carboxylic acids is 1. The highest BCUT2D eigenvalue weighted by Gasteiger charge is 2.57. The molecule has 1 rings (SSSR count). The van der Waals surface area contributed by atoms with Gasteiger partial charge in [-0.25, -0.2) is 0 Å². The molecule has 1 fully saturated rings. The minimum atomic E-state index is -0.786. The molecule has 1 aliphatic carbocycles. The summed E-state index contributed by atoms with van der Waals surface area (Å²) in [6.45, 7) is 0. The highest BCUT2D eigenvalue weighted by atomic mass is 16.5. The molecule has 0 saturated heterocycles. The van der Waals surface area contributed by atoms with Crippen LogP contribution in [-0.4, -0.2) is 18.6 Å². The molecule has 2 atom stereocenters. The van der Waals surface area contributed by atoms with E-state index in [-0.39, 0.29) is 11.9 Å². The maximum Gasteiger partial charge on any atom is 0.326 e. The smallest absolute Gasteiger partial charge is 0.326 e. The van der Waals surface area contributed by atoms with E-state index >= 15 is 0 Å². The first kappa shape index (κ1) is 9.01. The molecule has 0 spiro atoms. The lowest BCUT2D eigenvalue weighted by Crippen LogP contribution is -2.36. The molecule has 0 bridgehead atoms. The van der Waals surface area contributed by atoms with E-state index in [4.69, 9.17) is 11.0 Å². The summed E-state index contributed by atoms with van der Waals surface area (Å²) in [4.78, 5) is 11.0. The van der Waals surface area contributed by atoms with Crippen LogP contribution in [0.25, 0.3) is 0 Å². The Morgan fingerprint density at radius 1 is 1.92 bits per heavy atom. The van der Waals surface area contributed by atoms with Gasteiger partial charge in [0.05, 0.1) is 13.2 Å². The van der Waals surface area contributed by atoms with Gasteiger partial charge in [0.1, 0.15) is 5.54 Å². The van der Waals surface area contributed by atoms with Gasteiger partial charge >= 0.3 is 5.97 Å². The molecule has 4 nitrogen and oxygen atoms in total. The first-order valence-electron chi connectivity index (χ1n) is 3.89. The van der Waals surface area contributed by atoms with Gasteiger partial charge in [0.2, 0.25) is 0 Å². The second-order valence-electron chi connectivity index (χ2n) is 3.13. The van der Waals surface area contributed by atoms with Crippen LogP contribution in [0.5, 0.6) is 0 Å². The van der Waals surface area contributed by atoms with Crippen LogP contribution < -0.4 is 5.73 Å². The molecule has 0 aromatic heterocycles. The number of nitrogens with zero attached hydrogens (tertiary/aromatic N) is 1. The average molecular weight is 168 g/mol. The van der Waals surface area contributed by atoms with Crippen LogP contribution in [0.1, 0.15) is 19.3 Å². The molecule has 0 aromatic carbocycles. The van der Waals surface area contributed by atoms with Crippen LogP contribution in [0.15, 0.2) is 0 Å². The third-order valence-corrected chi connectivity index (χ3v) is 2.32. The van der Waals surface area contributed by atoms with Crippen LogP contribution in [0.2, 0.25) is 0 Å². The summed E-state index contributed by atoms with van der Waals surface area (Å²) < 4.78 is 4.54. The Morgan fingerprint density at radius 3 is 3.08 bits per heavy atom. The van der Waals surface area contributed by atoms with Gasteiger partial charge in [0.15, 0.2) is 0 Å². The number of rotatable bonds is 3. The Morgan fingerprint density at radius 2 is 2.58 bits per heavy atom. The normalized spacial score (nSPS) is 32.2. The molecule has 66 valence electrons. The minimum absolute atomic E-state index is 0.143. The number of hydrogen-bond acceptors (Lipinski definition) is 4. The molecule has 1 aliphatic rings. The van der Waals surface area contributed by atoms with Gasteiger partial charge in [-0.2, -0.15) is 5.26 Å². The Hall–Kier alpha value is -1.08. The van der Waals surface area contributed by atoms with Gasteiger partial charge < -0.3 is 10.5 Å². The van der Waals surface area contributed by atoms with Crippen LogP contribution in [-0.2, 0) is 9.53 Å². The Kier molecular flexibility index (Phi) is 2.34. The molecule has 2 unspecified atom stereocenters. The summed E-state index contributed by atoms with van der Waals surface area (Å²) in [6.07, 6.45) is 1.81. The van der Waals surface area contributed by atoms with Crippen LogP contribution in [0.4, 0.5) is 0 Å². The summed E-state index contributed by atoms with van der Waals surface area (Å²) in [5.41, 5.74) is 4.92. The van der Waals surface area contributed by atoms with E-state index in [9.17, 15) is 4.79 Å². The molecule has 0 radical (unpaired) electrons. The summed E-state index contributed by atoms with van der Waals surface area (Å²) >= 11 is 0. The van der Waals surface area contributed by atoms with E-state index in [0.717, 1.165) is 0 Å². The molecule has 12 heavy (non-hydrogen) atoms. The van der Waals surface area contributed by atoms with Crippen LogP contribution in [0.3, 0.4) is 0 Å². The second-order valence-corrected chi connectivity index (χ2v) is 3.13. The standard InChI is InChI=1S/C8H12N2O2/c1-12-7(11)8(10)5-6(8)3-2-4-9/h6H,2-3,5,10H2,1H3. The number of nitriles is 1. The van der Waals surface area contributed by atoms with E-state index in [1.807, 2.05) is 6.07 Å². The lowest BCUT2D eigenvalue weighted by molar-refractivity contribution is -0.143. The lowest BCUT2D eigenvalue weighted by Gasteiger charge is -2.06. The van der Waals surface area contributed by atoms with Crippen molar-refractivity contribution in [3.63, 3.8) is 0 Å². The van der Waals surface area contributed by atoms with E-state index in [1.165, 1.54) is 7.11 Å². The first-order valence-corrected chi connectivity index (χ1v) is 3.89. The van der Waals surface area contributed by atoms with E-state index < -0.39 is 5.54 Å². The Balaban J connectivity index is 2.38. The Bertz CT molecular complexity index is 234. The highest BCUT2D eigenvalue weighted by molar-refractivity contribution is 5.84. The van der Waals surface area contributed by atoms with Gasteiger partial charge in [-0.15, -0.1) is 0 Å². The van der Waals surface area contributed by atoms with E-state index in [0.29, 0.717) is 19.3 Å². The molecular weight excluding hydrogens is 156 g/mol. The average Bonchev–Trinajstić information content (AvgIpc) is 2.74. The number of carbonyl (C=O) groups is 1. The fourth-order valence-electron chi connectivity index (χ4n) is 1.39. The SMILES string of the molecule is COC(=O)C1(N)CC1CCC#N. The van der Waals surface area contributed by atoms with Gasteiger partial charge in [-0.3, -0.25) is 4.79 Å². The number of ether oxygens (including phenoxy) is 1. The zero-order valence-electron chi connectivity index (χ0n) is 7.04. The maximum absolute atomic E-state index is 11.0. The zero-order chi connectivity index (χ0) is 9.19. The van der Waals surface area contributed by atoms with Crippen LogP contribution in [0, 0.1) is 17.2 Å². The summed E-state index contributed by atoms with van der Waals surface area (Å²) in [6, 6.07) is 2.03. The summed E-state index contributed by atoms with van der Waals surface area (Å²) in [5, 5.41) is 8.30. The van der Waals surface area contributed by atoms with Crippen molar-refractivity contribution < 1.29 is 9.53 Å². The highest BCUT2D eigenvalue weighted by Crippen LogP contribution is 2.44. The molecule has 0 amide bonds. The predicted octanol–water partition coefficient (Wildman–Crippen LogP) is 0.181. The summed E-state index contributed by atoms with van der Waals surface area (Å²) in [7, 11) is 1.33. The van der Waals surface area contributed by atoms with Gasteiger partial charge in [-0.1, -0.05) is 0 Å². The third-order valence-electron chi connectivity index (χ3n) is 2.32. The number of esters is 1. The molecule has 4 heteroatoms. The van der Waals surface area contributed by atoms with E-state index in [2.05, 4.69) is 4.74 Å². The van der Waals surface area contributed by atoms with Crippen molar-refractivity contribution in [1.29, 1.82) is 5.26 Å². The molecule has 1 saturated carbocycles. The van der Waals surface area contributed by atoms with Crippen molar-refractivity contribution in [3.8, 4) is 6.07 Å². The second kappa shape index (κ2) is 3.11. The van der Waals surface area contributed by atoms with Crippen molar-refractivity contribution >= 4 is 5.97 Å². The van der Waals surface area contributed by atoms with Gasteiger partial charge in [0, 0.05) is 6.42 Å². The maximum atomic E-state index is 11.0. The number of hydrogen-bond donors (Lipinski definition) is 1. The van der Waals surface area contributed by atoms with Crippen molar-refractivity contribution in [3.05, 3.63) is 0 Å². The minimum Gasteiger partial charge on any atom is -0.468 e. The third kappa shape index (κ3) is 1.41. The topological polar surface area (TPSA) is 76.1 Å². The quantitative estimate of drug-likeness (QED) is 0.610. The zero-order valence-corrected chi connectivity index (χ0v) is 7.04. The lowest BCUT2D eigenvalue weighted by atomic mass is 10.1. The largest absolute Gasteiger partial charge is 0.468 e. The van der Waals surface area contributed by atoms with Crippen molar-refractivity contribution in [2.24, 2.45) is 11.7 Å². The fourth-order valence-corrected chi connectivity index (χ4v) is 1.39. The van der Waals surface area contributed by atoms with Gasteiger partial charge in [-0.05, 0) is 18.8 Å².